The van der Waals surface area contributed by atoms with Gasteiger partial charge in [0.15, 0.2) is 11.6 Å². The lowest BCUT2D eigenvalue weighted by molar-refractivity contribution is 0.415. The molecule has 94 valence electrons. The first-order valence-corrected chi connectivity index (χ1v) is 6.82. The third kappa shape index (κ3) is 2.94. The molecule has 0 amide bonds. The van der Waals surface area contributed by atoms with Crippen LogP contribution in [0.15, 0.2) is 6.33 Å². The molecule has 1 aliphatic rings. The number of ether oxygens (including phenoxy) is 1. The Balaban J connectivity index is 2.03. The van der Waals surface area contributed by atoms with Crippen molar-refractivity contribution in [2.45, 2.75) is 18.1 Å². The Hall–Kier alpha value is -1.17. The molecule has 0 spiro atoms. The van der Waals surface area contributed by atoms with Crippen LogP contribution in [0.4, 0.5) is 11.6 Å². The predicted octanol–water partition coefficient (Wildman–Crippen LogP) is 1.83. The molecule has 6 heteroatoms. The van der Waals surface area contributed by atoms with Crippen molar-refractivity contribution >= 4 is 23.4 Å². The normalized spacial score (nSPS) is 19.1. The van der Waals surface area contributed by atoms with Gasteiger partial charge in [0.1, 0.15) is 6.33 Å². The van der Waals surface area contributed by atoms with Gasteiger partial charge >= 0.3 is 0 Å². The standard InChI is InChI=1S/C11H18N4OS/c1-12-10-9(16-2)11(15-7-14-10)13-6-8-4-3-5-17-8/h7-8H,3-6H2,1-2H3,(H2,12,13,14,15). The van der Waals surface area contributed by atoms with Gasteiger partial charge in [-0.05, 0) is 18.6 Å². The molecule has 5 nitrogen and oxygen atoms in total. The minimum atomic E-state index is 0.679. The van der Waals surface area contributed by atoms with Crippen molar-refractivity contribution in [3.63, 3.8) is 0 Å². The smallest absolute Gasteiger partial charge is 0.204 e. The molecule has 2 N–H and O–H groups in total. The fourth-order valence-corrected chi connectivity index (χ4v) is 3.09. The van der Waals surface area contributed by atoms with Crippen LogP contribution < -0.4 is 15.4 Å². The highest BCUT2D eigenvalue weighted by atomic mass is 32.2. The summed E-state index contributed by atoms with van der Waals surface area (Å²) in [5, 5.41) is 7.03. The van der Waals surface area contributed by atoms with Crippen LogP contribution in [0, 0.1) is 0 Å². The maximum Gasteiger partial charge on any atom is 0.204 e. The first kappa shape index (κ1) is 12.3. The lowest BCUT2D eigenvalue weighted by Gasteiger charge is -2.14. The van der Waals surface area contributed by atoms with Crippen LogP contribution in [0.2, 0.25) is 0 Å². The summed E-state index contributed by atoms with van der Waals surface area (Å²) in [5.74, 6) is 3.43. The third-order valence-electron chi connectivity index (χ3n) is 2.77. The molecule has 1 aromatic heterocycles. The van der Waals surface area contributed by atoms with Crippen molar-refractivity contribution in [2.75, 3.05) is 37.1 Å². The molecule has 2 heterocycles. The van der Waals surface area contributed by atoms with Crippen molar-refractivity contribution in [2.24, 2.45) is 0 Å². The van der Waals surface area contributed by atoms with Crippen molar-refractivity contribution in [1.82, 2.24) is 9.97 Å². The highest BCUT2D eigenvalue weighted by Crippen LogP contribution is 2.30. The Labute approximate surface area is 106 Å². The second-order valence-electron chi connectivity index (χ2n) is 3.87. The second kappa shape index (κ2) is 5.95. The van der Waals surface area contributed by atoms with Gasteiger partial charge in [0.25, 0.3) is 0 Å². The Bertz CT molecular complexity index is 368. The van der Waals surface area contributed by atoms with E-state index in [1.54, 1.807) is 13.4 Å². The van der Waals surface area contributed by atoms with E-state index in [9.17, 15) is 0 Å². The van der Waals surface area contributed by atoms with Crippen LogP contribution in [-0.4, -0.2) is 41.7 Å². The number of hydrogen-bond donors (Lipinski definition) is 2. The SMILES string of the molecule is CNc1ncnc(NCC2CCCS2)c1OC. The molecule has 1 aromatic rings. The van der Waals surface area contributed by atoms with E-state index in [1.807, 2.05) is 18.8 Å². The summed E-state index contributed by atoms with van der Waals surface area (Å²) in [4.78, 5) is 8.34. The average Bonchev–Trinajstić information content (AvgIpc) is 2.88. The minimum Gasteiger partial charge on any atom is -0.490 e. The highest BCUT2D eigenvalue weighted by Gasteiger charge is 2.17. The maximum absolute atomic E-state index is 5.33. The van der Waals surface area contributed by atoms with Gasteiger partial charge in [-0.1, -0.05) is 0 Å². The molecule has 1 unspecified atom stereocenters. The zero-order chi connectivity index (χ0) is 12.1. The summed E-state index contributed by atoms with van der Waals surface area (Å²) in [6.45, 7) is 0.932. The molecule has 0 saturated carbocycles. The van der Waals surface area contributed by atoms with E-state index in [4.69, 9.17) is 4.74 Å². The van der Waals surface area contributed by atoms with E-state index in [1.165, 1.54) is 18.6 Å². The summed E-state index contributed by atoms with van der Waals surface area (Å²) in [6.07, 6.45) is 4.14. The lowest BCUT2D eigenvalue weighted by atomic mass is 10.2. The summed E-state index contributed by atoms with van der Waals surface area (Å²) in [6, 6.07) is 0. The molecule has 17 heavy (non-hydrogen) atoms. The van der Waals surface area contributed by atoms with Gasteiger partial charge < -0.3 is 15.4 Å². The predicted molar refractivity (Wildman–Crippen MR) is 72.1 cm³/mol. The highest BCUT2D eigenvalue weighted by molar-refractivity contribution is 8.00. The molecule has 1 aliphatic heterocycles. The fraction of sp³-hybridized carbons (Fsp3) is 0.636. The lowest BCUT2D eigenvalue weighted by Crippen LogP contribution is -2.15. The van der Waals surface area contributed by atoms with Crippen molar-refractivity contribution in [3.05, 3.63) is 6.33 Å². The Morgan fingerprint density at radius 3 is 2.94 bits per heavy atom. The number of methoxy groups -OCH3 is 1. The van der Waals surface area contributed by atoms with E-state index in [0.717, 1.165) is 12.4 Å². The Morgan fingerprint density at radius 1 is 1.47 bits per heavy atom. The minimum absolute atomic E-state index is 0.679. The van der Waals surface area contributed by atoms with Crippen LogP contribution in [0.3, 0.4) is 0 Å². The zero-order valence-corrected chi connectivity index (χ0v) is 11.0. The molecule has 0 bridgehead atoms. The molecular formula is C11H18N4OS. The van der Waals surface area contributed by atoms with Crippen LogP contribution >= 0.6 is 11.8 Å². The van der Waals surface area contributed by atoms with Gasteiger partial charge in [0, 0.05) is 18.8 Å². The van der Waals surface area contributed by atoms with E-state index in [2.05, 4.69) is 20.6 Å². The van der Waals surface area contributed by atoms with E-state index in [-0.39, 0.29) is 0 Å². The number of nitrogens with zero attached hydrogens (tertiary/aromatic N) is 2. The molecule has 0 aromatic carbocycles. The van der Waals surface area contributed by atoms with Crippen molar-refractivity contribution in [3.8, 4) is 5.75 Å². The van der Waals surface area contributed by atoms with Crippen LogP contribution in [0.25, 0.3) is 0 Å². The van der Waals surface area contributed by atoms with Gasteiger partial charge in [-0.15, -0.1) is 0 Å². The number of thioether (sulfide) groups is 1. The Kier molecular flexibility index (Phi) is 4.30. The van der Waals surface area contributed by atoms with Gasteiger partial charge in [0.05, 0.1) is 7.11 Å². The zero-order valence-electron chi connectivity index (χ0n) is 10.2. The average molecular weight is 254 g/mol. The molecule has 0 radical (unpaired) electrons. The summed E-state index contributed by atoms with van der Waals surface area (Å²) >= 11 is 2.02. The molecule has 1 fully saturated rings. The van der Waals surface area contributed by atoms with Crippen LogP contribution in [0.1, 0.15) is 12.8 Å². The van der Waals surface area contributed by atoms with Gasteiger partial charge in [-0.25, -0.2) is 9.97 Å². The number of rotatable bonds is 5. The van der Waals surface area contributed by atoms with Crippen LogP contribution in [-0.2, 0) is 0 Å². The van der Waals surface area contributed by atoms with Crippen LogP contribution in [0.5, 0.6) is 5.75 Å². The molecular weight excluding hydrogens is 236 g/mol. The van der Waals surface area contributed by atoms with Gasteiger partial charge in [-0.3, -0.25) is 0 Å². The fourth-order valence-electron chi connectivity index (χ4n) is 1.89. The number of aromatic nitrogens is 2. The van der Waals surface area contributed by atoms with Crippen molar-refractivity contribution < 1.29 is 4.74 Å². The largest absolute Gasteiger partial charge is 0.490 e. The molecule has 1 saturated heterocycles. The van der Waals surface area contributed by atoms with E-state index < -0.39 is 0 Å². The van der Waals surface area contributed by atoms with Crippen molar-refractivity contribution in [1.29, 1.82) is 0 Å². The first-order chi connectivity index (χ1) is 8.35. The second-order valence-corrected chi connectivity index (χ2v) is 5.28. The van der Waals surface area contributed by atoms with Gasteiger partial charge in [0.2, 0.25) is 5.75 Å². The molecule has 2 rings (SSSR count). The topological polar surface area (TPSA) is 59.1 Å². The van der Waals surface area contributed by atoms with Gasteiger partial charge in [-0.2, -0.15) is 11.8 Å². The van der Waals surface area contributed by atoms with E-state index >= 15 is 0 Å². The molecule has 0 aliphatic carbocycles. The monoisotopic (exact) mass is 254 g/mol. The first-order valence-electron chi connectivity index (χ1n) is 5.77. The Morgan fingerprint density at radius 2 is 2.29 bits per heavy atom. The summed E-state index contributed by atoms with van der Waals surface area (Å²) < 4.78 is 5.33. The summed E-state index contributed by atoms with van der Waals surface area (Å²) in [5.41, 5.74) is 0. The number of anilines is 2. The maximum atomic E-state index is 5.33. The molecule has 1 atom stereocenters. The third-order valence-corrected chi connectivity index (χ3v) is 4.16. The quantitative estimate of drug-likeness (QED) is 0.836. The summed E-state index contributed by atoms with van der Waals surface area (Å²) in [7, 11) is 3.45. The number of nitrogens with one attached hydrogen (secondary N) is 2. The number of hydrogen-bond acceptors (Lipinski definition) is 6. The van der Waals surface area contributed by atoms with E-state index in [0.29, 0.717) is 16.8 Å².